The van der Waals surface area contributed by atoms with Crippen molar-refractivity contribution in [2.24, 2.45) is 0 Å². The molecule has 0 aliphatic carbocycles. The summed E-state index contributed by atoms with van der Waals surface area (Å²) in [5.74, 6) is 0.00487. The van der Waals surface area contributed by atoms with Crippen LogP contribution in [-0.4, -0.2) is 10.9 Å². The van der Waals surface area contributed by atoms with E-state index in [-0.39, 0.29) is 5.78 Å². The quantitative estimate of drug-likeness (QED) is 0.739. The zero-order chi connectivity index (χ0) is 10.4. The van der Waals surface area contributed by atoms with Crippen LogP contribution >= 0.6 is 0 Å². The predicted molar refractivity (Wildman–Crippen MR) is 55.8 cm³/mol. The molecule has 0 radical (unpaired) electrons. The molecule has 0 saturated heterocycles. The molecule has 14 heavy (non-hydrogen) atoms. The molecule has 0 fully saturated rings. The van der Waals surface area contributed by atoms with Crippen LogP contribution in [0.3, 0.4) is 0 Å². The Labute approximate surface area is 83.9 Å². The van der Waals surface area contributed by atoms with E-state index in [9.17, 15) is 9.90 Å². The highest BCUT2D eigenvalue weighted by Crippen LogP contribution is 2.15. The number of benzene rings is 1. The summed E-state index contributed by atoms with van der Waals surface area (Å²) in [5.41, 5.74) is 0.876. The van der Waals surface area contributed by atoms with E-state index in [0.29, 0.717) is 6.42 Å². The monoisotopic (exact) mass is 190 g/mol. The van der Waals surface area contributed by atoms with Crippen LogP contribution < -0.4 is 0 Å². The highest BCUT2D eigenvalue weighted by atomic mass is 16.3. The predicted octanol–water partition coefficient (Wildman–Crippen LogP) is 2.26. The molecule has 1 aromatic rings. The van der Waals surface area contributed by atoms with Gasteiger partial charge in [0.2, 0.25) is 0 Å². The van der Waals surface area contributed by atoms with Crippen molar-refractivity contribution in [2.75, 3.05) is 0 Å². The van der Waals surface area contributed by atoms with Crippen LogP contribution in [0.5, 0.6) is 0 Å². The number of hydrogen-bond acceptors (Lipinski definition) is 2. The number of rotatable bonds is 4. The molecular formula is C12H14O2. The van der Waals surface area contributed by atoms with E-state index in [1.807, 2.05) is 30.3 Å². The molecule has 0 aliphatic heterocycles. The molecule has 0 saturated carbocycles. The fourth-order valence-electron chi connectivity index (χ4n) is 1.17. The Morgan fingerprint density at radius 1 is 1.43 bits per heavy atom. The molecule has 1 rings (SSSR count). The van der Waals surface area contributed by atoms with Gasteiger partial charge in [0.05, 0.1) is 6.10 Å². The minimum absolute atomic E-state index is 0.00487. The van der Waals surface area contributed by atoms with Crippen LogP contribution in [0.2, 0.25) is 0 Å². The number of aliphatic hydroxyl groups is 1. The average molecular weight is 190 g/mol. The number of allylic oxidation sites excluding steroid dienone is 1. The van der Waals surface area contributed by atoms with Crippen LogP contribution in [0.25, 0.3) is 0 Å². The molecule has 0 heterocycles. The summed E-state index contributed by atoms with van der Waals surface area (Å²) in [6.07, 6.45) is 3.13. The van der Waals surface area contributed by atoms with Gasteiger partial charge in [-0.15, -0.1) is 0 Å². The molecule has 2 nitrogen and oxygen atoms in total. The Balaban J connectivity index is 2.51. The lowest BCUT2D eigenvalue weighted by Gasteiger charge is -2.06. The number of carbonyl (C=O) groups is 1. The number of carbonyl (C=O) groups excluding carboxylic acids is 1. The van der Waals surface area contributed by atoms with Crippen molar-refractivity contribution in [3.63, 3.8) is 0 Å². The normalized spacial score (nSPS) is 13.0. The number of aliphatic hydroxyl groups excluding tert-OH is 1. The summed E-state index contributed by atoms with van der Waals surface area (Å²) in [6.45, 7) is 1.49. The van der Waals surface area contributed by atoms with Crippen molar-refractivity contribution in [1.29, 1.82) is 0 Å². The van der Waals surface area contributed by atoms with Gasteiger partial charge in [0.1, 0.15) is 0 Å². The van der Waals surface area contributed by atoms with Gasteiger partial charge in [-0.2, -0.15) is 0 Å². The van der Waals surface area contributed by atoms with Gasteiger partial charge >= 0.3 is 0 Å². The molecule has 0 amide bonds. The van der Waals surface area contributed by atoms with Crippen LogP contribution in [0.15, 0.2) is 42.5 Å². The van der Waals surface area contributed by atoms with Gasteiger partial charge in [0, 0.05) is 0 Å². The molecule has 0 unspecified atom stereocenters. The van der Waals surface area contributed by atoms with E-state index < -0.39 is 6.10 Å². The van der Waals surface area contributed by atoms with Crippen molar-refractivity contribution in [1.82, 2.24) is 0 Å². The van der Waals surface area contributed by atoms with Crippen LogP contribution in [0, 0.1) is 0 Å². The van der Waals surface area contributed by atoms with Crippen LogP contribution in [-0.2, 0) is 4.79 Å². The smallest absolute Gasteiger partial charge is 0.152 e. The largest absolute Gasteiger partial charge is 0.388 e. The summed E-state index contributed by atoms with van der Waals surface area (Å²) in [5, 5.41) is 9.67. The molecular weight excluding hydrogens is 176 g/mol. The van der Waals surface area contributed by atoms with E-state index >= 15 is 0 Å². The number of ketones is 1. The molecule has 0 aliphatic rings. The van der Waals surface area contributed by atoms with Crippen LogP contribution in [0.4, 0.5) is 0 Å². The first-order valence-electron chi connectivity index (χ1n) is 4.60. The van der Waals surface area contributed by atoms with Gasteiger partial charge in [-0.05, 0) is 25.0 Å². The van der Waals surface area contributed by atoms with Crippen LogP contribution in [0.1, 0.15) is 25.0 Å². The summed E-state index contributed by atoms with van der Waals surface area (Å²) in [6, 6.07) is 9.40. The Morgan fingerprint density at radius 2 is 2.07 bits per heavy atom. The first kappa shape index (κ1) is 10.7. The molecule has 1 aromatic carbocycles. The molecule has 1 N–H and O–H groups in total. The van der Waals surface area contributed by atoms with Gasteiger partial charge in [0.25, 0.3) is 0 Å². The van der Waals surface area contributed by atoms with Crippen molar-refractivity contribution < 1.29 is 9.90 Å². The maximum atomic E-state index is 10.6. The van der Waals surface area contributed by atoms with Crippen molar-refractivity contribution >= 4 is 5.78 Å². The molecule has 74 valence electrons. The lowest BCUT2D eigenvalue weighted by molar-refractivity contribution is -0.112. The average Bonchev–Trinajstić information content (AvgIpc) is 2.18. The van der Waals surface area contributed by atoms with E-state index in [1.54, 1.807) is 6.08 Å². The molecule has 1 atom stereocenters. The molecule has 2 heteroatoms. The maximum Gasteiger partial charge on any atom is 0.152 e. The van der Waals surface area contributed by atoms with Crippen molar-refractivity contribution in [3.8, 4) is 0 Å². The standard InChI is InChI=1S/C12H14O2/c1-10(13)6-5-9-12(14)11-7-3-2-4-8-11/h2-8,12,14H,9H2,1H3/b6-5+/t12-/m0/s1. The highest BCUT2D eigenvalue weighted by molar-refractivity contribution is 5.87. The molecule has 0 aromatic heterocycles. The highest BCUT2D eigenvalue weighted by Gasteiger charge is 2.03. The fourth-order valence-corrected chi connectivity index (χ4v) is 1.17. The Morgan fingerprint density at radius 3 is 2.64 bits per heavy atom. The van der Waals surface area contributed by atoms with E-state index in [0.717, 1.165) is 5.56 Å². The minimum Gasteiger partial charge on any atom is -0.388 e. The van der Waals surface area contributed by atoms with Crippen molar-refractivity contribution in [2.45, 2.75) is 19.4 Å². The second-order valence-electron chi connectivity index (χ2n) is 3.18. The Kier molecular flexibility index (Phi) is 4.08. The van der Waals surface area contributed by atoms with Gasteiger partial charge in [-0.3, -0.25) is 4.79 Å². The van der Waals surface area contributed by atoms with Gasteiger partial charge in [0.15, 0.2) is 5.78 Å². The van der Waals surface area contributed by atoms with E-state index in [1.165, 1.54) is 13.0 Å². The number of hydrogen-bond donors (Lipinski definition) is 1. The second-order valence-corrected chi connectivity index (χ2v) is 3.18. The SMILES string of the molecule is CC(=O)/C=C/C[C@H](O)c1ccccc1. The van der Waals surface area contributed by atoms with Gasteiger partial charge in [-0.1, -0.05) is 36.4 Å². The first-order valence-corrected chi connectivity index (χ1v) is 4.60. The topological polar surface area (TPSA) is 37.3 Å². The third-order valence-corrected chi connectivity index (χ3v) is 1.90. The minimum atomic E-state index is -0.521. The fraction of sp³-hybridized carbons (Fsp3) is 0.250. The van der Waals surface area contributed by atoms with Crippen molar-refractivity contribution in [3.05, 3.63) is 48.0 Å². The summed E-state index contributed by atoms with van der Waals surface area (Å²) < 4.78 is 0. The Hall–Kier alpha value is -1.41. The molecule has 0 spiro atoms. The molecule has 0 bridgehead atoms. The summed E-state index contributed by atoms with van der Waals surface area (Å²) in [7, 11) is 0. The zero-order valence-corrected chi connectivity index (χ0v) is 8.18. The summed E-state index contributed by atoms with van der Waals surface area (Å²) >= 11 is 0. The van der Waals surface area contributed by atoms with Gasteiger partial charge in [-0.25, -0.2) is 0 Å². The maximum absolute atomic E-state index is 10.6. The van der Waals surface area contributed by atoms with E-state index in [4.69, 9.17) is 0 Å². The lowest BCUT2D eigenvalue weighted by Crippen LogP contribution is -1.95. The third-order valence-electron chi connectivity index (χ3n) is 1.90. The van der Waals surface area contributed by atoms with Gasteiger partial charge < -0.3 is 5.11 Å². The summed E-state index contributed by atoms with van der Waals surface area (Å²) in [4.78, 5) is 10.6. The zero-order valence-electron chi connectivity index (χ0n) is 8.18. The second kappa shape index (κ2) is 5.35. The first-order chi connectivity index (χ1) is 6.70. The lowest BCUT2D eigenvalue weighted by atomic mass is 10.1. The Bertz CT molecular complexity index is 314. The van der Waals surface area contributed by atoms with E-state index in [2.05, 4.69) is 0 Å². The third kappa shape index (κ3) is 3.54.